The molecule has 1 N–H and O–H groups in total. The number of benzene rings is 1. The highest BCUT2D eigenvalue weighted by Gasteiger charge is 2.16. The van der Waals surface area contributed by atoms with Gasteiger partial charge in [0.1, 0.15) is 0 Å². The number of rotatable bonds is 6. The highest BCUT2D eigenvalue weighted by molar-refractivity contribution is 7.91. The average molecular weight is 283 g/mol. The predicted molar refractivity (Wildman–Crippen MR) is 71.8 cm³/mol. The lowest BCUT2D eigenvalue weighted by atomic mass is 10.2. The molecule has 0 saturated heterocycles. The van der Waals surface area contributed by atoms with Crippen LogP contribution in [-0.4, -0.2) is 32.4 Å². The van der Waals surface area contributed by atoms with E-state index in [2.05, 4.69) is 5.32 Å². The Balaban J connectivity index is 2.77. The monoisotopic (exact) mass is 283 g/mol. The Morgan fingerprint density at radius 3 is 2.21 bits per heavy atom. The number of hydrogen-bond donors (Lipinski definition) is 1. The van der Waals surface area contributed by atoms with Gasteiger partial charge in [-0.05, 0) is 26.0 Å². The third kappa shape index (κ3) is 4.48. The Hall–Kier alpha value is -1.69. The fourth-order valence-corrected chi connectivity index (χ4v) is 2.77. The van der Waals surface area contributed by atoms with Crippen molar-refractivity contribution in [1.29, 1.82) is 0 Å². The lowest BCUT2D eigenvalue weighted by molar-refractivity contribution is -0.120. The van der Waals surface area contributed by atoms with Gasteiger partial charge in [-0.2, -0.15) is 0 Å². The number of ketones is 1. The highest BCUT2D eigenvalue weighted by Crippen LogP contribution is 2.13. The molecule has 104 valence electrons. The molecule has 0 aliphatic heterocycles. The SMILES string of the molecule is CCNC(=O)CCS(=O)(=O)c1ccc(C(C)=O)cc1. The molecule has 0 radical (unpaired) electrons. The van der Waals surface area contributed by atoms with Gasteiger partial charge in [-0.1, -0.05) is 12.1 Å². The van der Waals surface area contributed by atoms with Gasteiger partial charge in [0.05, 0.1) is 10.6 Å². The second-order valence-corrected chi connectivity index (χ2v) is 6.21. The first-order valence-electron chi connectivity index (χ1n) is 5.97. The Kier molecular flexibility index (Phi) is 5.23. The van der Waals surface area contributed by atoms with Crippen molar-refractivity contribution >= 4 is 21.5 Å². The van der Waals surface area contributed by atoms with Gasteiger partial charge < -0.3 is 5.32 Å². The molecule has 0 atom stereocenters. The summed E-state index contributed by atoms with van der Waals surface area (Å²) in [4.78, 5) is 22.5. The molecule has 0 saturated carbocycles. The van der Waals surface area contributed by atoms with Crippen molar-refractivity contribution in [1.82, 2.24) is 5.32 Å². The predicted octanol–water partition coefficient (Wildman–Crippen LogP) is 1.19. The number of hydrogen-bond acceptors (Lipinski definition) is 4. The minimum absolute atomic E-state index is 0.0648. The van der Waals surface area contributed by atoms with Crippen molar-refractivity contribution < 1.29 is 18.0 Å². The largest absolute Gasteiger partial charge is 0.356 e. The zero-order valence-corrected chi connectivity index (χ0v) is 11.8. The molecule has 1 amide bonds. The Morgan fingerprint density at radius 1 is 1.16 bits per heavy atom. The normalized spacial score (nSPS) is 11.1. The highest BCUT2D eigenvalue weighted by atomic mass is 32.2. The molecule has 6 heteroatoms. The van der Waals surface area contributed by atoms with Gasteiger partial charge in [-0.25, -0.2) is 8.42 Å². The van der Waals surface area contributed by atoms with Gasteiger partial charge in [0.25, 0.3) is 0 Å². The van der Waals surface area contributed by atoms with E-state index in [9.17, 15) is 18.0 Å². The smallest absolute Gasteiger partial charge is 0.221 e. The van der Waals surface area contributed by atoms with Gasteiger partial charge >= 0.3 is 0 Å². The van der Waals surface area contributed by atoms with Crippen LogP contribution in [0.4, 0.5) is 0 Å². The van der Waals surface area contributed by atoms with Crippen LogP contribution in [0.15, 0.2) is 29.2 Å². The Labute approximate surface area is 112 Å². The Bertz CT molecular complexity index is 561. The molecular weight excluding hydrogens is 266 g/mol. The van der Waals surface area contributed by atoms with E-state index >= 15 is 0 Å². The van der Waals surface area contributed by atoms with E-state index < -0.39 is 9.84 Å². The maximum absolute atomic E-state index is 12.0. The fourth-order valence-electron chi connectivity index (χ4n) is 1.53. The van der Waals surface area contributed by atoms with Gasteiger partial charge in [0, 0.05) is 18.5 Å². The van der Waals surface area contributed by atoms with Gasteiger partial charge in [0.15, 0.2) is 15.6 Å². The van der Waals surface area contributed by atoms with Crippen molar-refractivity contribution in [3.8, 4) is 0 Å². The average Bonchev–Trinajstić information content (AvgIpc) is 2.37. The molecule has 0 aromatic heterocycles. The van der Waals surface area contributed by atoms with Crippen LogP contribution in [0.5, 0.6) is 0 Å². The van der Waals surface area contributed by atoms with Crippen molar-refractivity contribution in [2.75, 3.05) is 12.3 Å². The van der Waals surface area contributed by atoms with E-state index in [0.717, 1.165) is 0 Å². The maximum atomic E-state index is 12.0. The van der Waals surface area contributed by atoms with E-state index in [0.29, 0.717) is 12.1 Å². The van der Waals surface area contributed by atoms with Crippen LogP contribution in [0.3, 0.4) is 0 Å². The molecular formula is C13H17NO4S. The summed E-state index contributed by atoms with van der Waals surface area (Å²) < 4.78 is 23.9. The maximum Gasteiger partial charge on any atom is 0.221 e. The third-order valence-corrected chi connectivity index (χ3v) is 4.32. The molecule has 0 unspecified atom stereocenters. The van der Waals surface area contributed by atoms with Crippen LogP contribution in [-0.2, 0) is 14.6 Å². The summed E-state index contributed by atoms with van der Waals surface area (Å²) in [6.07, 6.45) is -0.0648. The molecule has 19 heavy (non-hydrogen) atoms. The van der Waals surface area contributed by atoms with Crippen LogP contribution < -0.4 is 5.32 Å². The first-order chi connectivity index (χ1) is 8.86. The van der Waals surface area contributed by atoms with Crippen LogP contribution in [0, 0.1) is 0 Å². The zero-order chi connectivity index (χ0) is 14.5. The fraction of sp³-hybridized carbons (Fsp3) is 0.385. The van der Waals surface area contributed by atoms with Crippen LogP contribution in [0.1, 0.15) is 30.6 Å². The van der Waals surface area contributed by atoms with Crippen molar-refractivity contribution in [2.45, 2.75) is 25.2 Å². The Morgan fingerprint density at radius 2 is 1.74 bits per heavy atom. The summed E-state index contributed by atoms with van der Waals surface area (Å²) in [6, 6.07) is 5.73. The number of carbonyl (C=O) groups is 2. The number of Topliss-reactive ketones (excluding diaryl/α,β-unsaturated/α-hetero) is 1. The van der Waals surface area contributed by atoms with Crippen LogP contribution >= 0.6 is 0 Å². The van der Waals surface area contributed by atoms with Gasteiger partial charge in [-0.15, -0.1) is 0 Å². The molecule has 0 fully saturated rings. The van der Waals surface area contributed by atoms with Gasteiger partial charge in [-0.3, -0.25) is 9.59 Å². The van der Waals surface area contributed by atoms with Crippen molar-refractivity contribution in [2.24, 2.45) is 0 Å². The summed E-state index contributed by atoms with van der Waals surface area (Å²) in [7, 11) is -3.49. The quantitative estimate of drug-likeness (QED) is 0.795. The summed E-state index contributed by atoms with van der Waals surface area (Å²) in [5.41, 5.74) is 0.461. The first-order valence-corrected chi connectivity index (χ1v) is 7.62. The third-order valence-electron chi connectivity index (χ3n) is 2.59. The molecule has 1 aromatic rings. The number of sulfone groups is 1. The molecule has 0 aliphatic rings. The van der Waals surface area contributed by atoms with Crippen molar-refractivity contribution in [3.63, 3.8) is 0 Å². The van der Waals surface area contributed by atoms with E-state index in [-0.39, 0.29) is 28.8 Å². The minimum atomic E-state index is -3.49. The molecule has 1 aromatic carbocycles. The van der Waals surface area contributed by atoms with Crippen molar-refractivity contribution in [3.05, 3.63) is 29.8 Å². The van der Waals surface area contributed by atoms with E-state index in [4.69, 9.17) is 0 Å². The number of nitrogens with one attached hydrogen (secondary N) is 1. The second kappa shape index (κ2) is 6.47. The number of carbonyl (C=O) groups excluding carboxylic acids is 2. The molecule has 0 spiro atoms. The van der Waals surface area contributed by atoms with Gasteiger partial charge in [0.2, 0.25) is 5.91 Å². The lowest BCUT2D eigenvalue weighted by Gasteiger charge is -2.05. The zero-order valence-electron chi connectivity index (χ0n) is 11.0. The summed E-state index contributed by atoms with van der Waals surface area (Å²) in [6.45, 7) is 3.66. The standard InChI is InChI=1S/C13H17NO4S/c1-3-14-13(16)8-9-19(17,18)12-6-4-11(5-7-12)10(2)15/h4-7H,3,8-9H2,1-2H3,(H,14,16). The topological polar surface area (TPSA) is 80.3 Å². The molecule has 0 heterocycles. The number of amides is 1. The summed E-state index contributed by atoms with van der Waals surface area (Å²) in [5, 5.41) is 2.55. The van der Waals surface area contributed by atoms with E-state index in [1.165, 1.54) is 31.2 Å². The lowest BCUT2D eigenvalue weighted by Crippen LogP contribution is -2.25. The molecule has 1 rings (SSSR count). The van der Waals surface area contributed by atoms with E-state index in [1.54, 1.807) is 6.92 Å². The summed E-state index contributed by atoms with van der Waals surface area (Å²) >= 11 is 0. The van der Waals surface area contributed by atoms with E-state index in [1.807, 2.05) is 0 Å². The molecule has 5 nitrogen and oxygen atoms in total. The second-order valence-electron chi connectivity index (χ2n) is 4.10. The molecule has 0 bridgehead atoms. The first kappa shape index (κ1) is 15.4. The van der Waals surface area contributed by atoms with Crippen LogP contribution in [0.25, 0.3) is 0 Å². The van der Waals surface area contributed by atoms with Crippen LogP contribution in [0.2, 0.25) is 0 Å². The molecule has 0 aliphatic carbocycles. The minimum Gasteiger partial charge on any atom is -0.356 e. The summed E-state index contributed by atoms with van der Waals surface area (Å²) in [5.74, 6) is -0.643.